The van der Waals surface area contributed by atoms with E-state index in [-0.39, 0.29) is 5.69 Å². The lowest BCUT2D eigenvalue weighted by Crippen LogP contribution is -2.03. The first-order valence-corrected chi connectivity index (χ1v) is 7.46. The molecule has 25 heavy (non-hydrogen) atoms. The number of methoxy groups -OCH3 is 1. The van der Waals surface area contributed by atoms with Gasteiger partial charge in [0.25, 0.3) is 0 Å². The molecule has 3 aromatic heterocycles. The topological polar surface area (TPSA) is 95.9 Å². The van der Waals surface area contributed by atoms with Gasteiger partial charge in [0.2, 0.25) is 5.89 Å². The van der Waals surface area contributed by atoms with E-state index in [1.807, 2.05) is 25.2 Å². The zero-order chi connectivity index (χ0) is 17.4. The maximum absolute atomic E-state index is 11.6. The minimum Gasteiger partial charge on any atom is -0.464 e. The highest BCUT2D eigenvalue weighted by molar-refractivity contribution is 5.88. The fourth-order valence-electron chi connectivity index (χ4n) is 2.54. The van der Waals surface area contributed by atoms with E-state index < -0.39 is 5.97 Å². The number of rotatable bonds is 3. The number of aromatic nitrogens is 5. The van der Waals surface area contributed by atoms with Crippen molar-refractivity contribution in [3.8, 4) is 22.7 Å². The summed E-state index contributed by atoms with van der Waals surface area (Å²) in [7, 11) is 3.14. The summed E-state index contributed by atoms with van der Waals surface area (Å²) in [6, 6.07) is 8.98. The summed E-state index contributed by atoms with van der Waals surface area (Å²) in [5, 5.41) is 7.82. The van der Waals surface area contributed by atoms with Gasteiger partial charge in [-0.15, -0.1) is 5.10 Å². The molecule has 0 unspecified atom stereocenters. The molecule has 0 fully saturated rings. The molecule has 0 saturated carbocycles. The Hall–Kier alpha value is -3.55. The van der Waals surface area contributed by atoms with Crippen LogP contribution in [0.3, 0.4) is 0 Å². The number of esters is 1. The lowest BCUT2D eigenvalue weighted by Gasteiger charge is -1.99. The van der Waals surface area contributed by atoms with Crippen molar-refractivity contribution in [2.45, 2.75) is 0 Å². The number of ether oxygens (including phenoxy) is 1. The molecular formula is C17H13N5O3. The van der Waals surface area contributed by atoms with Gasteiger partial charge in [-0.1, -0.05) is 5.21 Å². The van der Waals surface area contributed by atoms with Crippen LogP contribution in [0.2, 0.25) is 0 Å². The van der Waals surface area contributed by atoms with Gasteiger partial charge < -0.3 is 9.15 Å². The minimum absolute atomic E-state index is 0.198. The summed E-state index contributed by atoms with van der Waals surface area (Å²) in [6.07, 6.45) is 3.21. The molecule has 1 aromatic carbocycles. The van der Waals surface area contributed by atoms with Crippen molar-refractivity contribution in [1.82, 2.24) is 25.0 Å². The first kappa shape index (κ1) is 15.0. The molecule has 4 aromatic rings. The summed E-state index contributed by atoms with van der Waals surface area (Å²) in [5.41, 5.74) is 4.00. The Kier molecular flexibility index (Phi) is 3.50. The van der Waals surface area contributed by atoms with E-state index in [4.69, 9.17) is 4.42 Å². The van der Waals surface area contributed by atoms with Gasteiger partial charge in [-0.05, 0) is 30.3 Å². The molecule has 0 amide bonds. The third-order valence-electron chi connectivity index (χ3n) is 3.80. The molecule has 0 aliphatic carbocycles. The molecule has 4 rings (SSSR count). The molecule has 0 aliphatic rings. The van der Waals surface area contributed by atoms with Crippen molar-refractivity contribution in [2.24, 2.45) is 7.05 Å². The molecule has 0 aliphatic heterocycles. The SMILES string of the molecule is COC(=O)c1cc(-c2nc3cc(-c4cnnn4C)ccc3o2)ccn1. The Morgan fingerprint density at radius 2 is 2.08 bits per heavy atom. The maximum Gasteiger partial charge on any atom is 0.356 e. The fraction of sp³-hybridized carbons (Fsp3) is 0.118. The van der Waals surface area contributed by atoms with E-state index in [1.54, 1.807) is 23.0 Å². The summed E-state index contributed by atoms with van der Waals surface area (Å²) < 4.78 is 12.2. The van der Waals surface area contributed by atoms with Crippen LogP contribution in [0.1, 0.15) is 10.5 Å². The van der Waals surface area contributed by atoms with Gasteiger partial charge in [0, 0.05) is 24.4 Å². The number of pyridine rings is 1. The summed E-state index contributed by atoms with van der Waals surface area (Å²) in [6.45, 7) is 0. The predicted molar refractivity (Wildman–Crippen MR) is 88.6 cm³/mol. The number of carbonyl (C=O) groups is 1. The van der Waals surface area contributed by atoms with E-state index >= 15 is 0 Å². The molecule has 8 heteroatoms. The number of hydrogen-bond donors (Lipinski definition) is 0. The number of benzene rings is 1. The predicted octanol–water partition coefficient (Wildman–Crippen LogP) is 2.47. The van der Waals surface area contributed by atoms with E-state index in [9.17, 15) is 4.79 Å². The second kappa shape index (κ2) is 5.82. The van der Waals surface area contributed by atoms with E-state index in [0.717, 1.165) is 11.3 Å². The van der Waals surface area contributed by atoms with Crippen LogP contribution in [0.4, 0.5) is 0 Å². The van der Waals surface area contributed by atoms with Crippen LogP contribution in [0.25, 0.3) is 33.8 Å². The van der Waals surface area contributed by atoms with Crippen LogP contribution in [0.5, 0.6) is 0 Å². The zero-order valence-electron chi connectivity index (χ0n) is 13.5. The van der Waals surface area contributed by atoms with Crippen molar-refractivity contribution in [2.75, 3.05) is 7.11 Å². The maximum atomic E-state index is 11.6. The highest BCUT2D eigenvalue weighted by Gasteiger charge is 2.14. The molecule has 0 bridgehead atoms. The Labute approximate surface area is 142 Å². The first-order valence-electron chi connectivity index (χ1n) is 7.46. The molecule has 0 atom stereocenters. The highest BCUT2D eigenvalue weighted by Crippen LogP contribution is 2.28. The number of hydrogen-bond acceptors (Lipinski definition) is 7. The van der Waals surface area contributed by atoms with E-state index in [0.29, 0.717) is 22.6 Å². The Bertz CT molecular complexity index is 1080. The average molecular weight is 335 g/mol. The minimum atomic E-state index is -0.510. The molecule has 0 saturated heterocycles. The quantitative estimate of drug-likeness (QED) is 0.531. The van der Waals surface area contributed by atoms with Gasteiger partial charge in [-0.3, -0.25) is 0 Å². The Morgan fingerprint density at radius 3 is 2.84 bits per heavy atom. The molecule has 124 valence electrons. The van der Waals surface area contributed by atoms with Gasteiger partial charge in [-0.25, -0.2) is 19.4 Å². The van der Waals surface area contributed by atoms with E-state index in [2.05, 4.69) is 25.0 Å². The standard InChI is InChI=1S/C17H13N5O3/c1-22-14(9-19-21-22)10-3-4-15-12(7-10)20-16(25-15)11-5-6-18-13(8-11)17(23)24-2/h3-9H,1-2H3. The van der Waals surface area contributed by atoms with Gasteiger partial charge in [0.05, 0.1) is 19.0 Å². The number of aryl methyl sites for hydroxylation is 1. The van der Waals surface area contributed by atoms with E-state index in [1.165, 1.54) is 13.3 Å². The molecular weight excluding hydrogens is 322 g/mol. The monoisotopic (exact) mass is 335 g/mol. The van der Waals surface area contributed by atoms with Gasteiger partial charge in [0.15, 0.2) is 5.58 Å². The van der Waals surface area contributed by atoms with Gasteiger partial charge in [0.1, 0.15) is 11.2 Å². The molecule has 0 spiro atoms. The lowest BCUT2D eigenvalue weighted by molar-refractivity contribution is 0.0594. The van der Waals surface area contributed by atoms with Crippen LogP contribution in [-0.4, -0.2) is 38.0 Å². The van der Waals surface area contributed by atoms with Crippen molar-refractivity contribution in [1.29, 1.82) is 0 Å². The largest absolute Gasteiger partial charge is 0.464 e. The van der Waals surface area contributed by atoms with Crippen LogP contribution in [0.15, 0.2) is 47.1 Å². The summed E-state index contributed by atoms with van der Waals surface area (Å²) in [4.78, 5) is 20.1. The van der Waals surface area contributed by atoms with Crippen molar-refractivity contribution in [3.05, 3.63) is 48.4 Å². The fourth-order valence-corrected chi connectivity index (χ4v) is 2.54. The van der Waals surface area contributed by atoms with Crippen LogP contribution in [0, 0.1) is 0 Å². The zero-order valence-corrected chi connectivity index (χ0v) is 13.5. The third-order valence-corrected chi connectivity index (χ3v) is 3.80. The molecule has 3 heterocycles. The number of fused-ring (bicyclic) bond motifs is 1. The number of carbonyl (C=O) groups excluding carboxylic acids is 1. The second-order valence-corrected chi connectivity index (χ2v) is 5.37. The summed E-state index contributed by atoms with van der Waals surface area (Å²) >= 11 is 0. The Balaban J connectivity index is 1.77. The third kappa shape index (κ3) is 2.63. The highest BCUT2D eigenvalue weighted by atomic mass is 16.5. The Morgan fingerprint density at radius 1 is 1.20 bits per heavy atom. The van der Waals surface area contributed by atoms with Crippen LogP contribution in [-0.2, 0) is 11.8 Å². The van der Waals surface area contributed by atoms with Crippen LogP contribution >= 0.6 is 0 Å². The first-order chi connectivity index (χ1) is 12.2. The van der Waals surface area contributed by atoms with Crippen LogP contribution < -0.4 is 0 Å². The normalized spacial score (nSPS) is 11.0. The van der Waals surface area contributed by atoms with Crippen molar-refractivity contribution >= 4 is 17.1 Å². The summed E-state index contributed by atoms with van der Waals surface area (Å²) in [5.74, 6) is -0.105. The smallest absolute Gasteiger partial charge is 0.356 e. The van der Waals surface area contributed by atoms with Crippen molar-refractivity contribution < 1.29 is 13.9 Å². The average Bonchev–Trinajstić information content (AvgIpc) is 3.26. The van der Waals surface area contributed by atoms with Crippen molar-refractivity contribution in [3.63, 3.8) is 0 Å². The number of oxazole rings is 1. The molecule has 0 N–H and O–H groups in total. The molecule has 0 radical (unpaired) electrons. The second-order valence-electron chi connectivity index (χ2n) is 5.37. The molecule has 8 nitrogen and oxygen atoms in total. The van der Waals surface area contributed by atoms with Gasteiger partial charge >= 0.3 is 5.97 Å². The van der Waals surface area contributed by atoms with Gasteiger partial charge in [-0.2, -0.15) is 0 Å². The lowest BCUT2D eigenvalue weighted by atomic mass is 10.1. The number of nitrogens with zero attached hydrogens (tertiary/aromatic N) is 5.